The molecule has 3 nitrogen and oxygen atoms in total. The third-order valence-corrected chi connectivity index (χ3v) is 5.34. The summed E-state index contributed by atoms with van der Waals surface area (Å²) in [5.41, 5.74) is 3.87. The highest BCUT2D eigenvalue weighted by molar-refractivity contribution is 6.03. The van der Waals surface area contributed by atoms with Gasteiger partial charge >= 0.3 is 0 Å². The molecule has 2 aromatic carbocycles. The zero-order chi connectivity index (χ0) is 21.0. The van der Waals surface area contributed by atoms with Gasteiger partial charge in [0, 0.05) is 18.0 Å². The van der Waals surface area contributed by atoms with Gasteiger partial charge in [0.1, 0.15) is 0 Å². The molecule has 0 fully saturated rings. The highest BCUT2D eigenvalue weighted by atomic mass is 16.1. The Morgan fingerprint density at radius 2 is 1.63 bits per heavy atom. The number of pyridine rings is 1. The Balaban J connectivity index is 1.62. The minimum atomic E-state index is 0.0723. The molecule has 0 aliphatic heterocycles. The van der Waals surface area contributed by atoms with Crippen LogP contribution >= 0.6 is 0 Å². The van der Waals surface area contributed by atoms with Crippen molar-refractivity contribution in [3.8, 4) is 0 Å². The van der Waals surface area contributed by atoms with Gasteiger partial charge in [-0.1, -0.05) is 100 Å². The minimum Gasteiger partial charge on any atom is -0.324 e. The van der Waals surface area contributed by atoms with E-state index in [0.717, 1.165) is 40.6 Å². The molecule has 1 amide bonds. The number of hydrogen-bond donors (Lipinski definition) is 1. The number of rotatable bonds is 11. The van der Waals surface area contributed by atoms with Crippen LogP contribution in [0.15, 0.2) is 60.8 Å². The molecule has 0 aliphatic carbocycles. The van der Waals surface area contributed by atoms with Crippen LogP contribution in [0.3, 0.4) is 0 Å². The number of amides is 1. The fraction of sp³-hybridized carbons (Fsp3) is 0.333. The number of anilines is 1. The summed E-state index contributed by atoms with van der Waals surface area (Å²) in [5.74, 6) is 0.0723. The zero-order valence-corrected chi connectivity index (χ0v) is 17.9. The van der Waals surface area contributed by atoms with Gasteiger partial charge in [-0.25, -0.2) is 0 Å². The number of hydrogen-bond acceptors (Lipinski definition) is 2. The van der Waals surface area contributed by atoms with Crippen molar-refractivity contribution in [3.05, 3.63) is 71.9 Å². The second-order valence-corrected chi connectivity index (χ2v) is 7.77. The van der Waals surface area contributed by atoms with E-state index in [2.05, 4.69) is 47.6 Å². The first-order valence-corrected chi connectivity index (χ1v) is 11.2. The van der Waals surface area contributed by atoms with Gasteiger partial charge in [0.05, 0.1) is 11.2 Å². The first kappa shape index (κ1) is 21.8. The second kappa shape index (κ2) is 11.9. The lowest BCUT2D eigenvalue weighted by Crippen LogP contribution is -2.11. The highest BCUT2D eigenvalue weighted by Crippen LogP contribution is 2.26. The summed E-state index contributed by atoms with van der Waals surface area (Å²) in [7, 11) is 0. The Hall–Kier alpha value is -2.94. The molecule has 0 bridgehead atoms. The summed E-state index contributed by atoms with van der Waals surface area (Å²) in [6.07, 6.45) is 15.0. The number of nitrogens with zero attached hydrogens (tertiary/aromatic N) is 1. The van der Waals surface area contributed by atoms with Crippen molar-refractivity contribution in [2.75, 3.05) is 5.32 Å². The predicted molar refractivity (Wildman–Crippen MR) is 128 cm³/mol. The lowest BCUT2D eigenvalue weighted by Gasteiger charge is -2.10. The van der Waals surface area contributed by atoms with Gasteiger partial charge in [-0.15, -0.1) is 0 Å². The molecule has 1 heterocycles. The smallest absolute Gasteiger partial charge is 0.224 e. The molecule has 3 rings (SSSR count). The number of unbranched alkanes of at least 4 members (excludes halogenated alkanes) is 6. The molecule has 0 atom stereocenters. The molecular weight excluding hydrogens is 368 g/mol. The summed E-state index contributed by atoms with van der Waals surface area (Å²) in [4.78, 5) is 17.0. The monoisotopic (exact) mass is 400 g/mol. The van der Waals surface area contributed by atoms with Gasteiger partial charge < -0.3 is 5.32 Å². The number of carbonyl (C=O) groups excluding carboxylic acids is 1. The van der Waals surface area contributed by atoms with E-state index in [1.165, 1.54) is 32.1 Å². The van der Waals surface area contributed by atoms with Crippen molar-refractivity contribution >= 4 is 34.6 Å². The summed E-state index contributed by atoms with van der Waals surface area (Å²) < 4.78 is 0. The number of benzene rings is 2. The Kier molecular flexibility index (Phi) is 8.64. The fourth-order valence-electron chi connectivity index (χ4n) is 3.65. The molecule has 0 saturated carbocycles. The lowest BCUT2D eigenvalue weighted by atomic mass is 10.0. The summed E-state index contributed by atoms with van der Waals surface area (Å²) >= 11 is 0. The van der Waals surface area contributed by atoms with Crippen molar-refractivity contribution in [2.45, 2.75) is 58.3 Å². The van der Waals surface area contributed by atoms with Crippen molar-refractivity contribution < 1.29 is 4.79 Å². The average Bonchev–Trinajstić information content (AvgIpc) is 2.78. The highest BCUT2D eigenvalue weighted by Gasteiger charge is 2.09. The molecule has 0 aliphatic rings. The molecule has 1 N–H and O–H groups in total. The third-order valence-electron chi connectivity index (χ3n) is 5.34. The lowest BCUT2D eigenvalue weighted by molar-refractivity contribution is -0.116. The molecule has 1 aromatic heterocycles. The Bertz CT molecular complexity index is 963. The van der Waals surface area contributed by atoms with E-state index >= 15 is 0 Å². The van der Waals surface area contributed by atoms with Gasteiger partial charge in [-0.3, -0.25) is 9.78 Å². The van der Waals surface area contributed by atoms with Crippen LogP contribution in [0.1, 0.15) is 69.4 Å². The van der Waals surface area contributed by atoms with E-state index < -0.39 is 0 Å². The first-order valence-electron chi connectivity index (χ1n) is 11.2. The van der Waals surface area contributed by atoms with E-state index in [0.29, 0.717) is 6.42 Å². The Morgan fingerprint density at radius 1 is 0.867 bits per heavy atom. The van der Waals surface area contributed by atoms with Crippen LogP contribution in [-0.2, 0) is 4.79 Å². The number of aromatic nitrogens is 1. The molecular formula is C27H32N2O. The largest absolute Gasteiger partial charge is 0.324 e. The summed E-state index contributed by atoms with van der Waals surface area (Å²) in [6.45, 7) is 2.23. The number of fused-ring (bicyclic) bond motifs is 1. The molecule has 0 spiro atoms. The first-order chi connectivity index (χ1) is 14.8. The Morgan fingerprint density at radius 3 is 2.43 bits per heavy atom. The van der Waals surface area contributed by atoms with Crippen LogP contribution in [-0.4, -0.2) is 10.9 Å². The number of nitrogens with one attached hydrogen (secondary N) is 1. The second-order valence-electron chi connectivity index (χ2n) is 7.77. The van der Waals surface area contributed by atoms with Crippen LogP contribution in [0.5, 0.6) is 0 Å². The van der Waals surface area contributed by atoms with Crippen LogP contribution < -0.4 is 5.32 Å². The minimum absolute atomic E-state index is 0.0723. The van der Waals surface area contributed by atoms with Gasteiger partial charge in [-0.2, -0.15) is 0 Å². The van der Waals surface area contributed by atoms with Crippen LogP contribution in [0.25, 0.3) is 23.1 Å². The normalized spacial score (nSPS) is 11.2. The average molecular weight is 401 g/mol. The van der Waals surface area contributed by atoms with Crippen molar-refractivity contribution in [1.29, 1.82) is 0 Å². The van der Waals surface area contributed by atoms with Crippen molar-refractivity contribution in [2.24, 2.45) is 0 Å². The quantitative estimate of drug-likeness (QED) is 0.268. The maximum atomic E-state index is 12.4. The van der Waals surface area contributed by atoms with Crippen LogP contribution in [0, 0.1) is 0 Å². The third kappa shape index (κ3) is 6.55. The van der Waals surface area contributed by atoms with E-state index in [4.69, 9.17) is 0 Å². The topological polar surface area (TPSA) is 42.0 Å². The molecule has 156 valence electrons. The molecule has 0 unspecified atom stereocenters. The van der Waals surface area contributed by atoms with Crippen LogP contribution in [0.2, 0.25) is 0 Å². The molecule has 0 radical (unpaired) electrons. The van der Waals surface area contributed by atoms with Crippen molar-refractivity contribution in [3.63, 3.8) is 0 Å². The van der Waals surface area contributed by atoms with E-state index in [-0.39, 0.29) is 5.91 Å². The van der Waals surface area contributed by atoms with Crippen molar-refractivity contribution in [1.82, 2.24) is 4.98 Å². The summed E-state index contributed by atoms with van der Waals surface area (Å²) in [6, 6.07) is 18.2. The predicted octanol–water partition coefficient (Wildman–Crippen LogP) is 7.48. The van der Waals surface area contributed by atoms with E-state index in [1.807, 2.05) is 36.4 Å². The fourth-order valence-corrected chi connectivity index (χ4v) is 3.65. The number of carbonyl (C=O) groups is 1. The SMILES string of the molecule is CCCCCCCCCC(=O)Nc1ccc(C=Cc2ccccc2)c2cccnc12. The molecule has 30 heavy (non-hydrogen) atoms. The molecule has 3 heteroatoms. The van der Waals surface area contributed by atoms with Gasteiger partial charge in [-0.05, 0) is 29.7 Å². The molecule has 0 saturated heterocycles. The van der Waals surface area contributed by atoms with E-state index in [1.54, 1.807) is 6.20 Å². The zero-order valence-electron chi connectivity index (χ0n) is 17.9. The van der Waals surface area contributed by atoms with E-state index in [9.17, 15) is 4.79 Å². The van der Waals surface area contributed by atoms with Gasteiger partial charge in [0.2, 0.25) is 5.91 Å². The summed E-state index contributed by atoms with van der Waals surface area (Å²) in [5, 5.41) is 4.11. The maximum absolute atomic E-state index is 12.4. The van der Waals surface area contributed by atoms with Gasteiger partial charge in [0.15, 0.2) is 0 Å². The van der Waals surface area contributed by atoms with Gasteiger partial charge in [0.25, 0.3) is 0 Å². The Labute approximate surface area is 180 Å². The molecule has 3 aromatic rings. The maximum Gasteiger partial charge on any atom is 0.224 e. The standard InChI is InChI=1S/C27H32N2O/c1-2-3-4-5-6-7-11-16-26(30)29-25-20-19-23(24-15-12-21-28-27(24)25)18-17-22-13-9-8-10-14-22/h8-10,12-15,17-21H,2-7,11,16H2,1H3,(H,29,30). The van der Waals surface area contributed by atoms with Crippen LogP contribution in [0.4, 0.5) is 5.69 Å².